The predicted octanol–water partition coefficient (Wildman–Crippen LogP) is 3.32. The maximum absolute atomic E-state index is 2.27. The Labute approximate surface area is 82.6 Å². The average molecular weight is 173 g/mol. The number of benzene rings is 1. The summed E-state index contributed by atoms with van der Waals surface area (Å²) in [5.74, 6) is 0. The molecule has 1 aromatic carbocycles. The van der Waals surface area contributed by atoms with E-state index in [0.717, 1.165) is 0 Å². The Hall–Kier alpha value is -0.715. The van der Waals surface area contributed by atoms with Crippen LogP contribution in [0, 0.1) is 20.8 Å². The van der Waals surface area contributed by atoms with E-state index in [1.165, 1.54) is 35.0 Å². The quantitative estimate of drug-likeness (QED) is 0.615. The predicted molar refractivity (Wildman–Crippen MR) is 60.8 cm³/mol. The lowest BCUT2D eigenvalue weighted by Crippen LogP contribution is -1.96. The molecule has 0 saturated carbocycles. The molecular weight excluding hydrogens is 155 g/mol. The molecule has 1 heteroatoms. The van der Waals surface area contributed by atoms with E-state index in [1.807, 2.05) is 0 Å². The van der Waals surface area contributed by atoms with E-state index >= 15 is 0 Å². The summed E-state index contributed by atoms with van der Waals surface area (Å²) in [4.78, 5) is 0. The van der Waals surface area contributed by atoms with Crippen LogP contribution in [0.1, 0.15) is 22.3 Å². The highest BCUT2D eigenvalue weighted by Crippen LogP contribution is 2.18. The SMILES string of the molecule is C[B]CCc1ccc(C)c(C)c1C. The van der Waals surface area contributed by atoms with E-state index in [0.29, 0.717) is 0 Å². The Kier molecular flexibility index (Phi) is 3.59. The molecule has 1 rings (SSSR count). The van der Waals surface area contributed by atoms with Gasteiger partial charge in [0.1, 0.15) is 7.28 Å². The van der Waals surface area contributed by atoms with E-state index in [4.69, 9.17) is 0 Å². The average Bonchev–Trinajstić information content (AvgIpc) is 2.13. The Morgan fingerprint density at radius 2 is 1.77 bits per heavy atom. The van der Waals surface area contributed by atoms with Crippen molar-refractivity contribution >= 4 is 7.28 Å². The van der Waals surface area contributed by atoms with Crippen molar-refractivity contribution in [3.05, 3.63) is 34.4 Å². The molecule has 0 heterocycles. The molecule has 0 aliphatic rings. The zero-order valence-electron chi connectivity index (χ0n) is 9.15. The van der Waals surface area contributed by atoms with Crippen molar-refractivity contribution in [1.82, 2.24) is 0 Å². The van der Waals surface area contributed by atoms with Gasteiger partial charge >= 0.3 is 0 Å². The van der Waals surface area contributed by atoms with Crippen LogP contribution < -0.4 is 0 Å². The van der Waals surface area contributed by atoms with Crippen molar-refractivity contribution in [2.45, 2.75) is 40.3 Å². The zero-order valence-corrected chi connectivity index (χ0v) is 9.15. The van der Waals surface area contributed by atoms with Gasteiger partial charge < -0.3 is 0 Å². The Morgan fingerprint density at radius 3 is 2.38 bits per heavy atom. The summed E-state index contributed by atoms with van der Waals surface area (Å²) in [7, 11) is 2.23. The molecule has 13 heavy (non-hydrogen) atoms. The van der Waals surface area contributed by atoms with E-state index in [2.05, 4.69) is 47.0 Å². The van der Waals surface area contributed by atoms with Crippen molar-refractivity contribution in [2.75, 3.05) is 0 Å². The Balaban J connectivity index is 2.90. The maximum atomic E-state index is 2.27. The van der Waals surface area contributed by atoms with Crippen molar-refractivity contribution in [1.29, 1.82) is 0 Å². The second-order valence-corrected chi connectivity index (χ2v) is 3.74. The van der Waals surface area contributed by atoms with Crippen LogP contribution in [0.25, 0.3) is 0 Å². The van der Waals surface area contributed by atoms with Gasteiger partial charge in [-0.05, 0) is 49.4 Å². The van der Waals surface area contributed by atoms with Crippen LogP contribution in [0.3, 0.4) is 0 Å². The third kappa shape index (κ3) is 2.36. The Bertz CT molecular complexity index is 289. The Morgan fingerprint density at radius 1 is 1.08 bits per heavy atom. The maximum Gasteiger partial charge on any atom is 0.106 e. The highest BCUT2D eigenvalue weighted by Gasteiger charge is 2.02. The summed E-state index contributed by atoms with van der Waals surface area (Å²) < 4.78 is 0. The molecule has 0 unspecified atom stereocenters. The number of hydrogen-bond acceptors (Lipinski definition) is 0. The van der Waals surface area contributed by atoms with Gasteiger partial charge in [0, 0.05) is 0 Å². The van der Waals surface area contributed by atoms with Crippen molar-refractivity contribution < 1.29 is 0 Å². The second-order valence-electron chi connectivity index (χ2n) is 3.74. The fourth-order valence-corrected chi connectivity index (χ4v) is 1.58. The van der Waals surface area contributed by atoms with Crippen molar-refractivity contribution in [2.24, 2.45) is 0 Å². The minimum Gasteiger partial charge on any atom is -0.0920 e. The fraction of sp³-hybridized carbons (Fsp3) is 0.500. The van der Waals surface area contributed by atoms with Gasteiger partial charge in [-0.3, -0.25) is 0 Å². The molecule has 69 valence electrons. The summed E-state index contributed by atoms with van der Waals surface area (Å²) in [5, 5.41) is 0. The topological polar surface area (TPSA) is 0 Å². The largest absolute Gasteiger partial charge is 0.106 e. The van der Waals surface area contributed by atoms with E-state index in [9.17, 15) is 0 Å². The molecule has 0 atom stereocenters. The minimum absolute atomic E-state index is 1.18. The lowest BCUT2D eigenvalue weighted by atomic mass is 9.75. The van der Waals surface area contributed by atoms with Crippen LogP contribution in [0.15, 0.2) is 12.1 Å². The smallest absolute Gasteiger partial charge is 0.0920 e. The van der Waals surface area contributed by atoms with Gasteiger partial charge in [-0.2, -0.15) is 0 Å². The molecule has 0 aliphatic carbocycles. The van der Waals surface area contributed by atoms with E-state index in [-0.39, 0.29) is 0 Å². The molecule has 0 amide bonds. The first kappa shape index (κ1) is 10.4. The highest BCUT2D eigenvalue weighted by atomic mass is 14.1. The first-order chi connectivity index (χ1) is 6.16. The third-order valence-electron chi connectivity index (χ3n) is 2.87. The molecule has 0 saturated heterocycles. The van der Waals surface area contributed by atoms with Crippen LogP contribution in [0.2, 0.25) is 13.1 Å². The first-order valence-corrected chi connectivity index (χ1v) is 5.00. The zero-order chi connectivity index (χ0) is 9.84. The standard InChI is InChI=1S/C12H18B/c1-9-5-6-12(7-8-13-4)11(3)10(9)2/h5-6H,7-8H2,1-4H3. The number of aryl methyl sites for hydroxylation is 2. The summed E-state index contributed by atoms with van der Waals surface area (Å²) >= 11 is 0. The van der Waals surface area contributed by atoms with Crippen LogP contribution in [0.4, 0.5) is 0 Å². The minimum atomic E-state index is 1.18. The lowest BCUT2D eigenvalue weighted by Gasteiger charge is -2.10. The molecule has 0 aliphatic heterocycles. The second kappa shape index (κ2) is 4.50. The first-order valence-electron chi connectivity index (χ1n) is 5.00. The molecular formula is C12H18B. The van der Waals surface area contributed by atoms with Crippen molar-refractivity contribution in [3.8, 4) is 0 Å². The highest BCUT2D eigenvalue weighted by molar-refractivity contribution is 6.33. The molecule has 0 fully saturated rings. The van der Waals surface area contributed by atoms with Crippen LogP contribution in [-0.4, -0.2) is 7.28 Å². The van der Waals surface area contributed by atoms with Gasteiger partial charge in [0.05, 0.1) is 0 Å². The summed E-state index contributed by atoms with van der Waals surface area (Å²) in [6, 6.07) is 4.49. The van der Waals surface area contributed by atoms with Gasteiger partial charge in [-0.25, -0.2) is 0 Å². The molecule has 0 N–H and O–H groups in total. The summed E-state index contributed by atoms with van der Waals surface area (Å²) in [6.45, 7) is 8.74. The molecule has 0 nitrogen and oxygen atoms in total. The molecule has 1 aromatic rings. The van der Waals surface area contributed by atoms with Crippen LogP contribution in [0.5, 0.6) is 0 Å². The van der Waals surface area contributed by atoms with Crippen molar-refractivity contribution in [3.63, 3.8) is 0 Å². The fourth-order valence-electron chi connectivity index (χ4n) is 1.58. The summed E-state index contributed by atoms with van der Waals surface area (Å²) in [5.41, 5.74) is 5.83. The van der Waals surface area contributed by atoms with E-state index in [1.54, 1.807) is 0 Å². The normalized spacial score (nSPS) is 10.2. The molecule has 0 spiro atoms. The van der Waals surface area contributed by atoms with Gasteiger partial charge in [0.15, 0.2) is 0 Å². The lowest BCUT2D eigenvalue weighted by molar-refractivity contribution is 1.07. The van der Waals surface area contributed by atoms with Gasteiger partial charge in [-0.1, -0.05) is 25.3 Å². The van der Waals surface area contributed by atoms with E-state index < -0.39 is 0 Å². The third-order valence-corrected chi connectivity index (χ3v) is 2.87. The van der Waals surface area contributed by atoms with Gasteiger partial charge in [0.25, 0.3) is 0 Å². The molecule has 0 aromatic heterocycles. The number of rotatable bonds is 3. The monoisotopic (exact) mass is 173 g/mol. The van der Waals surface area contributed by atoms with Gasteiger partial charge in [-0.15, -0.1) is 0 Å². The summed E-state index contributed by atoms with van der Waals surface area (Å²) in [6.07, 6.45) is 2.37. The van der Waals surface area contributed by atoms with Crippen LogP contribution in [-0.2, 0) is 6.42 Å². The van der Waals surface area contributed by atoms with Gasteiger partial charge in [0.2, 0.25) is 0 Å². The van der Waals surface area contributed by atoms with Crippen LogP contribution >= 0.6 is 0 Å². The number of hydrogen-bond donors (Lipinski definition) is 0. The molecule has 0 bridgehead atoms. The molecule has 1 radical (unpaired) electrons.